The van der Waals surface area contributed by atoms with Gasteiger partial charge < -0.3 is 24.4 Å². The number of likely N-dealkylation sites (tertiary alicyclic amines) is 1. The van der Waals surface area contributed by atoms with E-state index in [-0.39, 0.29) is 24.0 Å². The van der Waals surface area contributed by atoms with Crippen LogP contribution in [0.3, 0.4) is 0 Å². The summed E-state index contributed by atoms with van der Waals surface area (Å²) in [5, 5.41) is 11.8. The lowest BCUT2D eigenvalue weighted by atomic mass is 10.1. The standard InChI is InChI=1S/C18H35N7O.HI/c1-6-24(7-2)13-16-8-10-25(14-16)18(19-9-11-26-5)20-12-17-22-21-15(3)23(17)4;/h16H,6-14H2,1-5H3,(H,19,20);1H. The van der Waals surface area contributed by atoms with Crippen molar-refractivity contribution in [2.75, 3.05) is 53.0 Å². The van der Waals surface area contributed by atoms with Crippen LogP contribution in [0.4, 0.5) is 0 Å². The summed E-state index contributed by atoms with van der Waals surface area (Å²) in [6.07, 6.45) is 1.21. The Labute approximate surface area is 180 Å². The van der Waals surface area contributed by atoms with Crippen molar-refractivity contribution in [2.24, 2.45) is 18.0 Å². The van der Waals surface area contributed by atoms with Crippen molar-refractivity contribution in [3.8, 4) is 0 Å². The molecule has 1 aliphatic heterocycles. The number of hydrogen-bond acceptors (Lipinski definition) is 5. The number of ether oxygens (including phenoxy) is 1. The van der Waals surface area contributed by atoms with Gasteiger partial charge in [-0.3, -0.25) is 0 Å². The highest BCUT2D eigenvalue weighted by Gasteiger charge is 2.26. The Morgan fingerprint density at radius 2 is 2.07 bits per heavy atom. The molecular formula is C18H36IN7O. The second kappa shape index (κ2) is 12.5. The van der Waals surface area contributed by atoms with Crippen LogP contribution >= 0.6 is 24.0 Å². The van der Waals surface area contributed by atoms with Gasteiger partial charge in [0.2, 0.25) is 0 Å². The average Bonchev–Trinajstić information content (AvgIpc) is 3.24. The summed E-state index contributed by atoms with van der Waals surface area (Å²) in [6, 6.07) is 0. The maximum Gasteiger partial charge on any atom is 0.194 e. The van der Waals surface area contributed by atoms with Crippen LogP contribution in [0.2, 0.25) is 0 Å². The third kappa shape index (κ3) is 7.19. The van der Waals surface area contributed by atoms with Crippen molar-refractivity contribution in [2.45, 2.75) is 33.7 Å². The highest BCUT2D eigenvalue weighted by molar-refractivity contribution is 14.0. The van der Waals surface area contributed by atoms with Gasteiger partial charge in [-0.15, -0.1) is 34.2 Å². The Morgan fingerprint density at radius 3 is 2.67 bits per heavy atom. The molecule has 0 saturated carbocycles. The van der Waals surface area contributed by atoms with Crippen molar-refractivity contribution in [3.63, 3.8) is 0 Å². The molecule has 1 aromatic rings. The SMILES string of the molecule is CCN(CC)CC1CCN(C(=NCc2nnc(C)n2C)NCCOC)C1.I. The number of halogens is 1. The average molecular weight is 493 g/mol. The molecule has 2 heterocycles. The fourth-order valence-electron chi connectivity index (χ4n) is 3.29. The number of nitrogens with one attached hydrogen (secondary N) is 1. The summed E-state index contributed by atoms with van der Waals surface area (Å²) in [5.41, 5.74) is 0. The van der Waals surface area contributed by atoms with Crippen LogP contribution in [0.1, 0.15) is 31.9 Å². The van der Waals surface area contributed by atoms with Gasteiger partial charge in [-0.1, -0.05) is 13.8 Å². The van der Waals surface area contributed by atoms with Crippen molar-refractivity contribution in [1.82, 2.24) is 29.9 Å². The van der Waals surface area contributed by atoms with E-state index in [1.165, 1.54) is 6.42 Å². The third-order valence-corrected chi connectivity index (χ3v) is 5.14. The molecule has 1 fully saturated rings. The summed E-state index contributed by atoms with van der Waals surface area (Å²) in [4.78, 5) is 9.69. The zero-order valence-electron chi connectivity index (χ0n) is 17.4. The van der Waals surface area contributed by atoms with Gasteiger partial charge in [-0.05, 0) is 32.4 Å². The maximum atomic E-state index is 5.17. The van der Waals surface area contributed by atoms with Crippen molar-refractivity contribution < 1.29 is 4.74 Å². The molecule has 156 valence electrons. The predicted octanol–water partition coefficient (Wildman–Crippen LogP) is 1.50. The molecule has 1 unspecified atom stereocenters. The first kappa shape index (κ1) is 24.1. The summed E-state index contributed by atoms with van der Waals surface area (Å²) >= 11 is 0. The van der Waals surface area contributed by atoms with Gasteiger partial charge in [0.1, 0.15) is 12.4 Å². The van der Waals surface area contributed by atoms with Gasteiger partial charge in [0.25, 0.3) is 0 Å². The van der Waals surface area contributed by atoms with E-state index in [1.54, 1.807) is 7.11 Å². The van der Waals surface area contributed by atoms with E-state index in [1.807, 2.05) is 18.5 Å². The number of rotatable bonds is 9. The number of aryl methyl sites for hydroxylation is 1. The Kier molecular flexibility index (Phi) is 11.2. The van der Waals surface area contributed by atoms with E-state index in [0.717, 1.165) is 56.9 Å². The highest BCUT2D eigenvalue weighted by atomic mass is 127. The monoisotopic (exact) mass is 493 g/mol. The predicted molar refractivity (Wildman–Crippen MR) is 120 cm³/mol. The number of nitrogens with zero attached hydrogens (tertiary/aromatic N) is 6. The first-order chi connectivity index (χ1) is 12.6. The summed E-state index contributed by atoms with van der Waals surface area (Å²) < 4.78 is 7.16. The molecule has 0 spiro atoms. The summed E-state index contributed by atoms with van der Waals surface area (Å²) in [5.74, 6) is 3.43. The number of guanidine groups is 1. The Hall–Kier alpha value is -0.940. The molecule has 1 atom stereocenters. The first-order valence-electron chi connectivity index (χ1n) is 9.68. The Bertz CT molecular complexity index is 574. The van der Waals surface area contributed by atoms with E-state index in [2.05, 4.69) is 39.2 Å². The lowest BCUT2D eigenvalue weighted by Crippen LogP contribution is -2.42. The van der Waals surface area contributed by atoms with Crippen LogP contribution in [0, 0.1) is 12.8 Å². The highest BCUT2D eigenvalue weighted by Crippen LogP contribution is 2.18. The Balaban J connectivity index is 0.00000364. The zero-order valence-corrected chi connectivity index (χ0v) is 19.8. The number of aromatic nitrogens is 3. The smallest absolute Gasteiger partial charge is 0.194 e. The van der Waals surface area contributed by atoms with E-state index in [4.69, 9.17) is 9.73 Å². The second-order valence-electron chi connectivity index (χ2n) is 6.87. The maximum absolute atomic E-state index is 5.17. The molecule has 0 aromatic carbocycles. The minimum Gasteiger partial charge on any atom is -0.383 e. The number of aliphatic imine (C=N–C) groups is 1. The lowest BCUT2D eigenvalue weighted by molar-refractivity contribution is 0.202. The second-order valence-corrected chi connectivity index (χ2v) is 6.87. The molecule has 1 aromatic heterocycles. The molecular weight excluding hydrogens is 457 g/mol. The van der Waals surface area contributed by atoms with Gasteiger partial charge in [0.15, 0.2) is 11.8 Å². The van der Waals surface area contributed by atoms with Gasteiger partial charge in [-0.25, -0.2) is 4.99 Å². The molecule has 8 nitrogen and oxygen atoms in total. The van der Waals surface area contributed by atoms with Gasteiger partial charge >= 0.3 is 0 Å². The third-order valence-electron chi connectivity index (χ3n) is 5.14. The van der Waals surface area contributed by atoms with Crippen molar-refractivity contribution >= 4 is 29.9 Å². The van der Waals surface area contributed by atoms with Crippen molar-refractivity contribution in [3.05, 3.63) is 11.6 Å². The van der Waals surface area contributed by atoms with E-state index in [9.17, 15) is 0 Å². The molecule has 0 aliphatic carbocycles. The fraction of sp³-hybridized carbons (Fsp3) is 0.833. The van der Waals surface area contributed by atoms with E-state index < -0.39 is 0 Å². The van der Waals surface area contributed by atoms with Gasteiger partial charge in [-0.2, -0.15) is 0 Å². The normalized spacial score (nSPS) is 17.5. The molecule has 1 N–H and O–H groups in total. The summed E-state index contributed by atoms with van der Waals surface area (Å²) in [7, 11) is 3.70. The lowest BCUT2D eigenvalue weighted by Gasteiger charge is -2.24. The van der Waals surface area contributed by atoms with Crippen LogP contribution in [0.5, 0.6) is 0 Å². The molecule has 0 amide bonds. The molecule has 27 heavy (non-hydrogen) atoms. The van der Waals surface area contributed by atoms with Crippen molar-refractivity contribution in [1.29, 1.82) is 0 Å². The van der Waals surface area contributed by atoms with Crippen LogP contribution in [-0.4, -0.2) is 83.5 Å². The fourth-order valence-corrected chi connectivity index (χ4v) is 3.29. The first-order valence-corrected chi connectivity index (χ1v) is 9.68. The number of hydrogen-bond donors (Lipinski definition) is 1. The van der Waals surface area contributed by atoms with E-state index in [0.29, 0.717) is 19.1 Å². The number of methoxy groups -OCH3 is 1. The van der Waals surface area contributed by atoms with Crippen LogP contribution in [-0.2, 0) is 18.3 Å². The van der Waals surface area contributed by atoms with Gasteiger partial charge in [0.05, 0.1) is 6.61 Å². The Morgan fingerprint density at radius 1 is 1.33 bits per heavy atom. The molecule has 0 bridgehead atoms. The minimum absolute atomic E-state index is 0. The minimum atomic E-state index is 0. The van der Waals surface area contributed by atoms with Crippen LogP contribution < -0.4 is 5.32 Å². The largest absolute Gasteiger partial charge is 0.383 e. The quantitative estimate of drug-likeness (QED) is 0.243. The molecule has 1 aliphatic rings. The summed E-state index contributed by atoms with van der Waals surface area (Å²) in [6.45, 7) is 13.9. The van der Waals surface area contributed by atoms with E-state index >= 15 is 0 Å². The zero-order chi connectivity index (χ0) is 18.9. The van der Waals surface area contributed by atoms with Crippen LogP contribution in [0.25, 0.3) is 0 Å². The van der Waals surface area contributed by atoms with Crippen LogP contribution in [0.15, 0.2) is 4.99 Å². The molecule has 1 saturated heterocycles. The molecule has 0 radical (unpaired) electrons. The molecule has 2 rings (SSSR count). The topological polar surface area (TPSA) is 70.8 Å². The van der Waals surface area contributed by atoms with Gasteiger partial charge in [0, 0.05) is 40.3 Å². The molecule has 9 heteroatoms.